The maximum absolute atomic E-state index is 13.0. The number of fused-ring (bicyclic) bond motifs is 1. The van der Waals surface area contributed by atoms with E-state index >= 15 is 0 Å². The highest BCUT2D eigenvalue weighted by Gasteiger charge is 2.46. The monoisotopic (exact) mass is 613 g/mol. The zero-order valence-corrected chi connectivity index (χ0v) is 22.9. The summed E-state index contributed by atoms with van der Waals surface area (Å²) in [5.74, 6) is 0.393. The van der Waals surface area contributed by atoms with Gasteiger partial charge in [0.05, 0.1) is 22.5 Å². The molecule has 0 aliphatic rings. The minimum Gasteiger partial charge on any atom is -0.461 e. The number of hydrogen-bond acceptors (Lipinski definition) is 6. The molecule has 0 atom stereocenters. The zero-order chi connectivity index (χ0) is 27.8. The second-order valence-corrected chi connectivity index (χ2v) is 10.8. The van der Waals surface area contributed by atoms with Crippen LogP contribution in [0, 0.1) is 6.92 Å². The van der Waals surface area contributed by atoms with E-state index < -0.39 is 21.5 Å². The molecule has 0 aliphatic carbocycles. The smallest absolute Gasteiger partial charge is 0.461 e. The molecule has 2 heterocycles. The van der Waals surface area contributed by atoms with Crippen molar-refractivity contribution in [2.45, 2.75) is 39.2 Å². The SMILES string of the molecule is CCOC(=O)c1c(C)nc(CC)n1Cc1ccc2oc(-c3ccccc3NS(=O)(=O)C(F)(F)F)c(Br)c2c1. The molecule has 0 saturated heterocycles. The largest absolute Gasteiger partial charge is 0.516 e. The van der Waals surface area contributed by atoms with Gasteiger partial charge in [-0.2, -0.15) is 21.6 Å². The van der Waals surface area contributed by atoms with Crippen molar-refractivity contribution in [3.8, 4) is 11.3 Å². The molecule has 0 saturated carbocycles. The van der Waals surface area contributed by atoms with Gasteiger partial charge in [0.15, 0.2) is 11.5 Å². The number of alkyl halides is 3. The Hall–Kier alpha value is -3.32. The van der Waals surface area contributed by atoms with E-state index in [1.54, 1.807) is 41.3 Å². The molecule has 13 heteroatoms. The molecule has 4 rings (SSSR count). The average Bonchev–Trinajstić information content (AvgIpc) is 3.34. The van der Waals surface area contributed by atoms with Gasteiger partial charge in [-0.05, 0) is 59.6 Å². The van der Waals surface area contributed by atoms with Gasteiger partial charge in [-0.3, -0.25) is 4.72 Å². The number of rotatable bonds is 8. The third-order valence-corrected chi connectivity index (χ3v) is 7.64. The second-order valence-electron chi connectivity index (χ2n) is 8.29. The van der Waals surface area contributed by atoms with Crippen LogP contribution >= 0.6 is 15.9 Å². The number of hydrogen-bond donors (Lipinski definition) is 1. The van der Waals surface area contributed by atoms with Crippen LogP contribution in [-0.4, -0.2) is 36.1 Å². The second kappa shape index (κ2) is 10.4. The van der Waals surface area contributed by atoms with Crippen LogP contribution < -0.4 is 4.72 Å². The molecule has 4 aromatic rings. The number of benzene rings is 2. The number of carbonyl (C=O) groups is 1. The lowest BCUT2D eigenvalue weighted by Crippen LogP contribution is -2.30. The first-order valence-electron chi connectivity index (χ1n) is 11.5. The third kappa shape index (κ3) is 5.17. The van der Waals surface area contributed by atoms with Crippen molar-refractivity contribution in [3.05, 3.63) is 69.7 Å². The summed E-state index contributed by atoms with van der Waals surface area (Å²) in [5, 5.41) is 0.610. The van der Waals surface area contributed by atoms with E-state index in [2.05, 4.69) is 20.9 Å². The van der Waals surface area contributed by atoms with Crippen LogP contribution in [0.25, 0.3) is 22.3 Å². The summed E-state index contributed by atoms with van der Waals surface area (Å²) in [5.41, 5.74) is -3.50. The Kier molecular flexibility index (Phi) is 7.62. The molecular weight excluding hydrogens is 591 g/mol. The molecule has 0 fully saturated rings. The average molecular weight is 614 g/mol. The first-order chi connectivity index (χ1) is 17.9. The summed E-state index contributed by atoms with van der Waals surface area (Å²) < 4.78 is 77.4. The number of imidazole rings is 1. The molecule has 8 nitrogen and oxygen atoms in total. The lowest BCUT2D eigenvalue weighted by Gasteiger charge is -2.13. The van der Waals surface area contributed by atoms with Crippen LogP contribution in [0.5, 0.6) is 0 Å². The predicted octanol–water partition coefficient (Wildman–Crippen LogP) is 6.42. The van der Waals surface area contributed by atoms with Gasteiger partial charge >= 0.3 is 21.5 Å². The summed E-state index contributed by atoms with van der Waals surface area (Å²) in [4.78, 5) is 17.1. The summed E-state index contributed by atoms with van der Waals surface area (Å²) in [7, 11) is -5.64. The van der Waals surface area contributed by atoms with E-state index in [4.69, 9.17) is 9.15 Å². The van der Waals surface area contributed by atoms with Crippen molar-refractivity contribution >= 4 is 48.6 Å². The minimum atomic E-state index is -5.64. The number of carbonyl (C=O) groups excluding carboxylic acids is 1. The molecule has 38 heavy (non-hydrogen) atoms. The van der Waals surface area contributed by atoms with Crippen molar-refractivity contribution in [1.29, 1.82) is 0 Å². The Morgan fingerprint density at radius 3 is 2.55 bits per heavy atom. The predicted molar refractivity (Wildman–Crippen MR) is 139 cm³/mol. The molecule has 0 aliphatic heterocycles. The van der Waals surface area contributed by atoms with Gasteiger partial charge in [0, 0.05) is 23.9 Å². The van der Waals surface area contributed by atoms with Crippen LogP contribution in [0.4, 0.5) is 18.9 Å². The summed E-state index contributed by atoms with van der Waals surface area (Å²) in [6.07, 6.45) is 0.590. The minimum absolute atomic E-state index is 0.119. The van der Waals surface area contributed by atoms with Crippen molar-refractivity contribution in [3.63, 3.8) is 0 Å². The van der Waals surface area contributed by atoms with Crippen molar-refractivity contribution < 1.29 is 35.5 Å². The van der Waals surface area contributed by atoms with Crippen molar-refractivity contribution in [2.24, 2.45) is 0 Å². The maximum Gasteiger partial charge on any atom is 0.516 e. The van der Waals surface area contributed by atoms with E-state index in [1.165, 1.54) is 18.2 Å². The first-order valence-corrected chi connectivity index (χ1v) is 13.8. The van der Waals surface area contributed by atoms with Gasteiger partial charge in [-0.25, -0.2) is 9.78 Å². The molecule has 0 amide bonds. The molecule has 1 N–H and O–H groups in total. The number of sulfonamides is 1. The van der Waals surface area contributed by atoms with E-state index in [0.717, 1.165) is 5.56 Å². The standard InChI is InChI=1S/C25H23BrF3N3O5S/c1-4-20-30-14(3)22(24(33)36-5-2)32(20)13-15-10-11-19-17(12-15)21(26)23(37-19)16-8-6-7-9-18(16)31-38(34,35)25(27,28)29/h6-12,31H,4-5,13H2,1-3H3. The fourth-order valence-electron chi connectivity index (χ4n) is 4.07. The van der Waals surface area contributed by atoms with Crippen molar-refractivity contribution in [1.82, 2.24) is 9.55 Å². The van der Waals surface area contributed by atoms with Crippen LogP contribution in [0.15, 0.2) is 51.4 Å². The number of anilines is 1. The van der Waals surface area contributed by atoms with Crippen LogP contribution in [-0.2, 0) is 27.7 Å². The number of nitrogens with zero attached hydrogens (tertiary/aromatic N) is 2. The first kappa shape index (κ1) is 27.7. The van der Waals surface area contributed by atoms with Crippen LogP contribution in [0.2, 0.25) is 0 Å². The number of furan rings is 1. The molecule has 0 radical (unpaired) electrons. The lowest BCUT2D eigenvalue weighted by atomic mass is 10.1. The van der Waals surface area contributed by atoms with Crippen molar-refractivity contribution in [2.75, 3.05) is 11.3 Å². The number of aromatic nitrogens is 2. The van der Waals surface area contributed by atoms with E-state index in [9.17, 15) is 26.4 Å². The Morgan fingerprint density at radius 1 is 1.18 bits per heavy atom. The molecule has 2 aromatic carbocycles. The van der Waals surface area contributed by atoms with E-state index in [0.29, 0.717) is 45.6 Å². The highest BCUT2D eigenvalue weighted by atomic mass is 79.9. The number of halogens is 4. The number of ether oxygens (including phenoxy) is 1. The third-order valence-electron chi connectivity index (χ3n) is 5.76. The number of nitrogens with one attached hydrogen (secondary N) is 1. The molecule has 2 aromatic heterocycles. The van der Waals surface area contributed by atoms with Gasteiger partial charge in [-0.15, -0.1) is 0 Å². The number of esters is 1. The summed E-state index contributed by atoms with van der Waals surface area (Å²) in [6, 6.07) is 10.9. The highest BCUT2D eigenvalue weighted by molar-refractivity contribution is 9.10. The van der Waals surface area contributed by atoms with E-state index in [1.807, 2.05) is 13.0 Å². The molecular formula is C25H23BrF3N3O5S. The highest BCUT2D eigenvalue weighted by Crippen LogP contribution is 2.42. The lowest BCUT2D eigenvalue weighted by molar-refractivity contribution is -0.0429. The summed E-state index contributed by atoms with van der Waals surface area (Å²) >= 11 is 3.47. The topological polar surface area (TPSA) is 103 Å². The Morgan fingerprint density at radius 2 is 1.89 bits per heavy atom. The van der Waals surface area contributed by atoms with Gasteiger partial charge in [-0.1, -0.05) is 25.1 Å². The van der Waals surface area contributed by atoms with Gasteiger partial charge in [0.2, 0.25) is 0 Å². The Bertz CT molecular complexity index is 1630. The number of para-hydroxylation sites is 1. The van der Waals surface area contributed by atoms with Gasteiger partial charge < -0.3 is 13.7 Å². The zero-order valence-electron chi connectivity index (χ0n) is 20.5. The van der Waals surface area contributed by atoms with E-state index in [-0.39, 0.29) is 23.6 Å². The van der Waals surface area contributed by atoms with Crippen LogP contribution in [0.3, 0.4) is 0 Å². The summed E-state index contributed by atoms with van der Waals surface area (Å²) in [6.45, 7) is 5.93. The molecule has 202 valence electrons. The van der Waals surface area contributed by atoms with Gasteiger partial charge in [0.25, 0.3) is 0 Å². The number of aryl methyl sites for hydroxylation is 2. The van der Waals surface area contributed by atoms with Gasteiger partial charge in [0.1, 0.15) is 11.4 Å². The van der Waals surface area contributed by atoms with Crippen LogP contribution in [0.1, 0.15) is 41.4 Å². The Labute approximate surface area is 225 Å². The fraction of sp³-hybridized carbons (Fsp3) is 0.280. The molecule has 0 unspecified atom stereocenters. The normalized spacial score (nSPS) is 12.2. The Balaban J connectivity index is 1.76. The molecule has 0 bridgehead atoms. The quantitative estimate of drug-likeness (QED) is 0.230. The maximum atomic E-state index is 13.0. The molecule has 0 spiro atoms. The fourth-order valence-corrected chi connectivity index (χ4v) is 5.26.